The van der Waals surface area contributed by atoms with Crippen molar-refractivity contribution in [2.75, 3.05) is 0 Å². The van der Waals surface area contributed by atoms with Gasteiger partial charge in [0, 0.05) is 0 Å². The number of aryl methyl sites for hydroxylation is 1. The third kappa shape index (κ3) is 2.59. The van der Waals surface area contributed by atoms with Gasteiger partial charge in [0.2, 0.25) is 0 Å². The third-order valence-corrected chi connectivity index (χ3v) is 4.99. The molecule has 0 radical (unpaired) electrons. The van der Waals surface area contributed by atoms with Gasteiger partial charge in [-0.05, 0) is 18.9 Å². The average Bonchev–Trinajstić information content (AvgIpc) is 2.17. The molecule has 3 nitrogen and oxygen atoms in total. The molecule has 0 spiro atoms. The van der Waals surface area contributed by atoms with Crippen LogP contribution in [-0.2, 0) is 14.2 Å². The summed E-state index contributed by atoms with van der Waals surface area (Å²) in [6.45, 7) is 3.77. The van der Waals surface area contributed by atoms with Gasteiger partial charge in [0.05, 0.1) is 0 Å². The predicted octanol–water partition coefficient (Wildman–Crippen LogP) is 2.77. The van der Waals surface area contributed by atoms with E-state index in [1.165, 1.54) is 0 Å². The van der Waals surface area contributed by atoms with Gasteiger partial charge in [-0.25, -0.2) is 0 Å². The van der Waals surface area contributed by atoms with Gasteiger partial charge in [0.25, 0.3) is 10.1 Å². The summed E-state index contributed by atoms with van der Waals surface area (Å²) in [5, 5.41) is 0. The van der Waals surface area contributed by atoms with Crippen LogP contribution < -0.4 is 0 Å². The van der Waals surface area contributed by atoms with E-state index in [-0.39, 0.29) is 6.42 Å². The lowest BCUT2D eigenvalue weighted by molar-refractivity contribution is 0.455. The Morgan fingerprint density at radius 2 is 1.81 bits per heavy atom. The first-order valence-electron chi connectivity index (χ1n) is 5.08. The van der Waals surface area contributed by atoms with Crippen LogP contribution in [0, 0.1) is 6.92 Å². The smallest absolute Gasteiger partial charge is 0.284 e. The van der Waals surface area contributed by atoms with Gasteiger partial charge >= 0.3 is 0 Å². The molecule has 1 rings (SSSR count). The summed E-state index contributed by atoms with van der Waals surface area (Å²) in [6.07, 6.45) is 0.898. The Kier molecular flexibility index (Phi) is 4.04. The SMILES string of the molecule is CCCC(S)(c1ccc(C)cc1)S(=O)(=O)O. The van der Waals surface area contributed by atoms with Crippen molar-refractivity contribution in [3.63, 3.8) is 0 Å². The van der Waals surface area contributed by atoms with Crippen LogP contribution >= 0.6 is 12.6 Å². The fraction of sp³-hybridized carbons (Fsp3) is 0.455. The summed E-state index contributed by atoms with van der Waals surface area (Å²) in [4.78, 5) is 0. The van der Waals surface area contributed by atoms with E-state index < -0.39 is 14.2 Å². The fourth-order valence-corrected chi connectivity index (χ4v) is 2.84. The number of hydrogen-bond acceptors (Lipinski definition) is 3. The molecule has 1 unspecified atom stereocenters. The number of thiol groups is 1. The number of hydrogen-bond donors (Lipinski definition) is 2. The van der Waals surface area contributed by atoms with E-state index in [1.807, 2.05) is 13.8 Å². The lowest BCUT2D eigenvalue weighted by Crippen LogP contribution is -2.29. The Bertz CT molecular complexity index is 451. The first-order chi connectivity index (χ1) is 7.31. The van der Waals surface area contributed by atoms with Crippen molar-refractivity contribution in [2.24, 2.45) is 0 Å². The quantitative estimate of drug-likeness (QED) is 0.646. The molecular weight excluding hydrogens is 244 g/mol. The van der Waals surface area contributed by atoms with Crippen LogP contribution in [0.15, 0.2) is 24.3 Å². The van der Waals surface area contributed by atoms with E-state index >= 15 is 0 Å². The molecule has 1 aromatic rings. The third-order valence-electron chi connectivity index (χ3n) is 2.52. The highest BCUT2D eigenvalue weighted by molar-refractivity contribution is 8.02. The zero-order valence-electron chi connectivity index (χ0n) is 9.34. The largest absolute Gasteiger partial charge is 0.284 e. The van der Waals surface area contributed by atoms with E-state index in [2.05, 4.69) is 12.6 Å². The van der Waals surface area contributed by atoms with Gasteiger partial charge in [-0.3, -0.25) is 4.55 Å². The molecule has 0 aliphatic carbocycles. The molecule has 0 amide bonds. The minimum atomic E-state index is -4.23. The lowest BCUT2D eigenvalue weighted by atomic mass is 10.1. The first-order valence-corrected chi connectivity index (χ1v) is 6.96. The summed E-state index contributed by atoms with van der Waals surface area (Å²) >= 11 is 4.17. The molecule has 16 heavy (non-hydrogen) atoms. The van der Waals surface area contributed by atoms with Crippen molar-refractivity contribution >= 4 is 22.7 Å². The highest BCUT2D eigenvalue weighted by Gasteiger charge is 2.40. The van der Waals surface area contributed by atoms with Gasteiger partial charge in [0.15, 0.2) is 4.08 Å². The van der Waals surface area contributed by atoms with Crippen molar-refractivity contribution in [3.05, 3.63) is 35.4 Å². The van der Waals surface area contributed by atoms with Gasteiger partial charge in [-0.2, -0.15) is 8.42 Å². The molecule has 5 heteroatoms. The predicted molar refractivity (Wildman–Crippen MR) is 68.3 cm³/mol. The van der Waals surface area contributed by atoms with Crippen LogP contribution in [0.3, 0.4) is 0 Å². The maximum absolute atomic E-state index is 11.4. The van der Waals surface area contributed by atoms with Crippen LogP contribution in [0.5, 0.6) is 0 Å². The summed E-state index contributed by atoms with van der Waals surface area (Å²) in [7, 11) is -4.23. The molecule has 1 N–H and O–H groups in total. The lowest BCUT2D eigenvalue weighted by Gasteiger charge is -2.25. The molecule has 90 valence electrons. The normalized spacial score (nSPS) is 15.8. The van der Waals surface area contributed by atoms with E-state index in [0.29, 0.717) is 12.0 Å². The molecule has 0 fully saturated rings. The first kappa shape index (κ1) is 13.5. The molecule has 0 aliphatic heterocycles. The molecule has 0 saturated heterocycles. The van der Waals surface area contributed by atoms with Crippen molar-refractivity contribution < 1.29 is 13.0 Å². The highest BCUT2D eigenvalue weighted by atomic mass is 32.3. The van der Waals surface area contributed by atoms with Crippen molar-refractivity contribution in [2.45, 2.75) is 30.8 Å². The Labute approximate surface area is 102 Å². The van der Waals surface area contributed by atoms with Crippen LogP contribution in [0.1, 0.15) is 30.9 Å². The van der Waals surface area contributed by atoms with Crippen LogP contribution in [0.25, 0.3) is 0 Å². The molecule has 1 atom stereocenters. The fourth-order valence-electron chi connectivity index (χ4n) is 1.58. The molecule has 0 saturated carbocycles. The van der Waals surface area contributed by atoms with Crippen LogP contribution in [-0.4, -0.2) is 13.0 Å². The van der Waals surface area contributed by atoms with Gasteiger partial charge in [-0.15, -0.1) is 12.6 Å². The Morgan fingerprint density at radius 1 is 1.31 bits per heavy atom. The summed E-state index contributed by atoms with van der Waals surface area (Å²) in [5.41, 5.74) is 1.54. The zero-order chi connectivity index (χ0) is 12.4. The minimum Gasteiger partial charge on any atom is -0.284 e. The molecular formula is C11H16O3S2. The monoisotopic (exact) mass is 260 g/mol. The molecule has 1 aromatic carbocycles. The minimum absolute atomic E-state index is 0.276. The van der Waals surface area contributed by atoms with Gasteiger partial charge in [0.1, 0.15) is 0 Å². The van der Waals surface area contributed by atoms with E-state index in [4.69, 9.17) is 0 Å². The van der Waals surface area contributed by atoms with Crippen molar-refractivity contribution in [1.82, 2.24) is 0 Å². The average molecular weight is 260 g/mol. The molecule has 0 aliphatic rings. The number of rotatable bonds is 4. The Morgan fingerprint density at radius 3 is 2.19 bits per heavy atom. The number of benzene rings is 1. The van der Waals surface area contributed by atoms with E-state index in [0.717, 1.165) is 5.56 Å². The standard InChI is InChI=1S/C11H16O3S2/c1-3-8-11(15,16(12,13)14)10-6-4-9(2)5-7-10/h4-7,15H,3,8H2,1-2H3,(H,12,13,14). The summed E-state index contributed by atoms with van der Waals surface area (Å²) < 4.78 is 30.6. The van der Waals surface area contributed by atoms with E-state index in [9.17, 15) is 13.0 Å². The molecule has 0 heterocycles. The van der Waals surface area contributed by atoms with Crippen LogP contribution in [0.2, 0.25) is 0 Å². The van der Waals surface area contributed by atoms with E-state index in [1.54, 1.807) is 24.3 Å². The molecule has 0 bridgehead atoms. The van der Waals surface area contributed by atoms with Crippen molar-refractivity contribution in [3.8, 4) is 0 Å². The Hall–Kier alpha value is -0.520. The second-order valence-corrected chi connectivity index (χ2v) is 6.59. The van der Waals surface area contributed by atoms with Gasteiger partial charge < -0.3 is 0 Å². The van der Waals surface area contributed by atoms with Gasteiger partial charge in [-0.1, -0.05) is 43.2 Å². The zero-order valence-corrected chi connectivity index (χ0v) is 11.1. The second kappa shape index (κ2) is 4.77. The summed E-state index contributed by atoms with van der Waals surface area (Å²) in [6, 6.07) is 6.99. The van der Waals surface area contributed by atoms with Crippen molar-refractivity contribution in [1.29, 1.82) is 0 Å². The second-order valence-electron chi connectivity index (χ2n) is 3.88. The molecule has 0 aromatic heterocycles. The topological polar surface area (TPSA) is 54.4 Å². The maximum Gasteiger partial charge on any atom is 0.284 e. The summed E-state index contributed by atoms with van der Waals surface area (Å²) in [5.74, 6) is 0. The van der Waals surface area contributed by atoms with Crippen LogP contribution in [0.4, 0.5) is 0 Å². The highest BCUT2D eigenvalue weighted by Crippen LogP contribution is 2.38. The Balaban J connectivity index is 3.27. The maximum atomic E-state index is 11.4.